The summed E-state index contributed by atoms with van der Waals surface area (Å²) < 4.78 is 0. The summed E-state index contributed by atoms with van der Waals surface area (Å²) in [5.74, 6) is -0.0537. The molecule has 1 aromatic carbocycles. The first-order chi connectivity index (χ1) is 10.5. The maximum atomic E-state index is 12.1. The van der Waals surface area contributed by atoms with E-state index in [9.17, 15) is 9.90 Å². The van der Waals surface area contributed by atoms with Crippen molar-refractivity contribution in [3.8, 4) is 0 Å². The van der Waals surface area contributed by atoms with Crippen molar-refractivity contribution < 1.29 is 9.90 Å². The van der Waals surface area contributed by atoms with E-state index in [-0.39, 0.29) is 18.1 Å². The van der Waals surface area contributed by atoms with Gasteiger partial charge in [-0.2, -0.15) is 0 Å². The Bertz CT molecular complexity index is 779. The van der Waals surface area contributed by atoms with Gasteiger partial charge < -0.3 is 10.4 Å². The second-order valence-electron chi connectivity index (χ2n) is 6.08. The predicted octanol–water partition coefficient (Wildman–Crippen LogP) is 1.76. The number of fused-ring (bicyclic) bond motifs is 2. The Labute approximate surface area is 132 Å². The monoisotopic (exact) mass is 317 g/mol. The predicted molar refractivity (Wildman–Crippen MR) is 83.5 cm³/mol. The van der Waals surface area contributed by atoms with E-state index in [4.69, 9.17) is 11.6 Å². The molecule has 6 heteroatoms. The molecule has 3 atom stereocenters. The number of carbonyl (C=O) groups excluding carboxylic acids is 1. The Morgan fingerprint density at radius 3 is 3.05 bits per heavy atom. The highest BCUT2D eigenvalue weighted by Crippen LogP contribution is 2.36. The molecule has 0 aliphatic carbocycles. The maximum Gasteiger partial charge on any atom is 0.239 e. The number of hydrogen-bond donors (Lipinski definition) is 2. The Balaban J connectivity index is 1.80. The van der Waals surface area contributed by atoms with Gasteiger partial charge in [0.15, 0.2) is 0 Å². The quantitative estimate of drug-likeness (QED) is 0.787. The van der Waals surface area contributed by atoms with Crippen molar-refractivity contribution in [1.29, 1.82) is 0 Å². The highest BCUT2D eigenvalue weighted by molar-refractivity contribution is 6.30. The van der Waals surface area contributed by atoms with Crippen LogP contribution < -0.4 is 5.32 Å². The van der Waals surface area contributed by atoms with Crippen LogP contribution in [-0.4, -0.2) is 39.6 Å². The molecule has 3 unspecified atom stereocenters. The average Bonchev–Trinajstić information content (AvgIpc) is 2.98. The molecule has 22 heavy (non-hydrogen) atoms. The minimum Gasteiger partial charge on any atom is -0.392 e. The topological polar surface area (TPSA) is 65.5 Å². The van der Waals surface area contributed by atoms with E-state index >= 15 is 0 Å². The summed E-state index contributed by atoms with van der Waals surface area (Å²) in [6.45, 7) is 2.49. The molecule has 1 amide bonds. The molecule has 1 aromatic heterocycles. The zero-order chi connectivity index (χ0) is 15.4. The van der Waals surface area contributed by atoms with Crippen LogP contribution in [0.4, 0.5) is 0 Å². The van der Waals surface area contributed by atoms with Gasteiger partial charge in [-0.05, 0) is 31.5 Å². The number of benzene rings is 1. The SMILES string of the molecule is Cc1ccc2nc(Cl)c(C3NC(=O)C4CC(O)CN43)cc2c1. The molecule has 0 saturated carbocycles. The van der Waals surface area contributed by atoms with Crippen molar-refractivity contribution in [3.63, 3.8) is 0 Å². The molecule has 2 aromatic rings. The summed E-state index contributed by atoms with van der Waals surface area (Å²) in [6.07, 6.45) is -0.312. The number of amides is 1. The second kappa shape index (κ2) is 4.91. The van der Waals surface area contributed by atoms with Crippen molar-refractivity contribution in [3.05, 3.63) is 40.5 Å². The molecule has 2 fully saturated rings. The third kappa shape index (κ3) is 2.08. The minimum absolute atomic E-state index is 0.0537. The van der Waals surface area contributed by atoms with Gasteiger partial charge in [0.1, 0.15) is 11.3 Å². The standard InChI is InChI=1S/C16H16ClN3O2/c1-8-2-3-12-9(4-8)5-11(14(17)18-12)15-19-16(22)13-6-10(21)7-20(13)15/h2-5,10,13,15,21H,6-7H2,1H3,(H,19,22). The Hall–Kier alpha value is -1.69. The molecule has 114 valence electrons. The van der Waals surface area contributed by atoms with E-state index in [1.807, 2.05) is 30.0 Å². The van der Waals surface area contributed by atoms with Gasteiger partial charge in [-0.25, -0.2) is 4.98 Å². The number of aryl methyl sites for hydroxylation is 1. The molecule has 0 radical (unpaired) electrons. The lowest BCUT2D eigenvalue weighted by atomic mass is 10.1. The molecule has 2 N–H and O–H groups in total. The highest BCUT2D eigenvalue weighted by atomic mass is 35.5. The van der Waals surface area contributed by atoms with E-state index in [1.165, 1.54) is 0 Å². The number of aliphatic hydroxyl groups is 1. The van der Waals surface area contributed by atoms with Crippen LogP contribution in [0, 0.1) is 6.92 Å². The average molecular weight is 318 g/mol. The largest absolute Gasteiger partial charge is 0.392 e. The van der Waals surface area contributed by atoms with E-state index in [0.717, 1.165) is 22.0 Å². The number of carbonyl (C=O) groups is 1. The number of aromatic nitrogens is 1. The van der Waals surface area contributed by atoms with Crippen LogP contribution in [0.25, 0.3) is 10.9 Å². The second-order valence-corrected chi connectivity index (χ2v) is 6.44. The molecular weight excluding hydrogens is 302 g/mol. The van der Waals surface area contributed by atoms with Crippen LogP contribution in [-0.2, 0) is 4.79 Å². The molecule has 0 bridgehead atoms. The van der Waals surface area contributed by atoms with Gasteiger partial charge in [0.25, 0.3) is 0 Å². The fraction of sp³-hybridized carbons (Fsp3) is 0.375. The van der Waals surface area contributed by atoms with Gasteiger partial charge in [0.05, 0.1) is 17.7 Å². The van der Waals surface area contributed by atoms with E-state index in [1.54, 1.807) is 0 Å². The van der Waals surface area contributed by atoms with Crippen LogP contribution in [0.3, 0.4) is 0 Å². The summed E-state index contributed by atoms with van der Waals surface area (Å²) in [4.78, 5) is 18.5. The molecule has 2 aliphatic rings. The van der Waals surface area contributed by atoms with Gasteiger partial charge >= 0.3 is 0 Å². The van der Waals surface area contributed by atoms with E-state index in [0.29, 0.717) is 18.1 Å². The zero-order valence-electron chi connectivity index (χ0n) is 12.1. The number of pyridine rings is 1. The van der Waals surface area contributed by atoms with Crippen molar-refractivity contribution in [2.45, 2.75) is 31.7 Å². The van der Waals surface area contributed by atoms with Crippen LogP contribution in [0.1, 0.15) is 23.7 Å². The summed E-state index contributed by atoms with van der Waals surface area (Å²) in [6, 6.07) is 7.69. The summed E-state index contributed by atoms with van der Waals surface area (Å²) >= 11 is 6.35. The molecule has 4 rings (SSSR count). The van der Waals surface area contributed by atoms with Crippen molar-refractivity contribution >= 4 is 28.4 Å². The fourth-order valence-electron chi connectivity index (χ4n) is 3.43. The smallest absolute Gasteiger partial charge is 0.239 e. The number of aliphatic hydroxyl groups excluding tert-OH is 1. The molecule has 0 spiro atoms. The third-order valence-electron chi connectivity index (χ3n) is 4.48. The summed E-state index contributed by atoms with van der Waals surface area (Å²) in [7, 11) is 0. The van der Waals surface area contributed by atoms with Crippen LogP contribution in [0.5, 0.6) is 0 Å². The Kier molecular flexibility index (Phi) is 3.11. The number of nitrogens with zero attached hydrogens (tertiary/aromatic N) is 2. The number of hydrogen-bond acceptors (Lipinski definition) is 4. The highest BCUT2D eigenvalue weighted by Gasteiger charge is 2.47. The van der Waals surface area contributed by atoms with Crippen LogP contribution in [0.15, 0.2) is 24.3 Å². The molecule has 2 aliphatic heterocycles. The first-order valence-corrected chi connectivity index (χ1v) is 7.72. The Morgan fingerprint density at radius 1 is 1.41 bits per heavy atom. The third-order valence-corrected chi connectivity index (χ3v) is 4.78. The van der Waals surface area contributed by atoms with Crippen molar-refractivity contribution in [2.24, 2.45) is 0 Å². The summed E-state index contributed by atoms with van der Waals surface area (Å²) in [5, 5.41) is 14.2. The molecule has 2 saturated heterocycles. The first-order valence-electron chi connectivity index (χ1n) is 7.34. The zero-order valence-corrected chi connectivity index (χ0v) is 12.8. The summed E-state index contributed by atoms with van der Waals surface area (Å²) in [5.41, 5.74) is 2.76. The molecular formula is C16H16ClN3O2. The van der Waals surface area contributed by atoms with Gasteiger partial charge in [0, 0.05) is 17.5 Å². The van der Waals surface area contributed by atoms with Gasteiger partial charge in [-0.15, -0.1) is 0 Å². The number of halogens is 1. The first kappa shape index (κ1) is 13.9. The van der Waals surface area contributed by atoms with Gasteiger partial charge in [0.2, 0.25) is 5.91 Å². The molecule has 3 heterocycles. The van der Waals surface area contributed by atoms with E-state index < -0.39 is 6.10 Å². The molecule has 5 nitrogen and oxygen atoms in total. The van der Waals surface area contributed by atoms with E-state index in [2.05, 4.69) is 16.4 Å². The minimum atomic E-state index is -0.465. The Morgan fingerprint density at radius 2 is 2.23 bits per heavy atom. The van der Waals surface area contributed by atoms with Gasteiger partial charge in [-0.1, -0.05) is 23.2 Å². The van der Waals surface area contributed by atoms with Crippen LogP contribution in [0.2, 0.25) is 5.15 Å². The lowest BCUT2D eigenvalue weighted by Gasteiger charge is -2.23. The lowest BCUT2D eigenvalue weighted by molar-refractivity contribution is -0.121. The normalized spacial score (nSPS) is 28.1. The number of rotatable bonds is 1. The number of nitrogens with one attached hydrogen (secondary N) is 1. The van der Waals surface area contributed by atoms with Crippen molar-refractivity contribution in [1.82, 2.24) is 15.2 Å². The lowest BCUT2D eigenvalue weighted by Crippen LogP contribution is -2.30. The van der Waals surface area contributed by atoms with Crippen LogP contribution >= 0.6 is 11.6 Å². The van der Waals surface area contributed by atoms with Gasteiger partial charge in [-0.3, -0.25) is 9.69 Å². The van der Waals surface area contributed by atoms with Crippen molar-refractivity contribution in [2.75, 3.05) is 6.54 Å². The maximum absolute atomic E-state index is 12.1. The fourth-order valence-corrected chi connectivity index (χ4v) is 3.68.